The quantitative estimate of drug-likeness (QED) is 0.775. The summed E-state index contributed by atoms with van der Waals surface area (Å²) in [6, 6.07) is 9.13. The number of likely N-dealkylation sites (N-methyl/N-ethyl adjacent to an activating group) is 1. The first-order chi connectivity index (χ1) is 9.78. The third-order valence-corrected chi connectivity index (χ3v) is 3.91. The zero-order chi connectivity index (χ0) is 14.2. The summed E-state index contributed by atoms with van der Waals surface area (Å²) in [7, 11) is 2.20. The summed E-state index contributed by atoms with van der Waals surface area (Å²) in [5.41, 5.74) is 1.33. The van der Waals surface area contributed by atoms with Crippen molar-refractivity contribution in [3.8, 4) is 5.75 Å². The van der Waals surface area contributed by atoms with Gasteiger partial charge in [-0.1, -0.05) is 25.5 Å². The first-order valence-corrected chi connectivity index (χ1v) is 7.91. The minimum atomic E-state index is 0.634. The fourth-order valence-electron chi connectivity index (χ4n) is 2.63. The van der Waals surface area contributed by atoms with Crippen molar-refractivity contribution in [1.29, 1.82) is 0 Å². The Morgan fingerprint density at radius 1 is 1.30 bits per heavy atom. The van der Waals surface area contributed by atoms with E-state index in [9.17, 15) is 0 Å². The predicted octanol–water partition coefficient (Wildman–Crippen LogP) is 3.05. The van der Waals surface area contributed by atoms with Crippen LogP contribution in [0.3, 0.4) is 0 Å². The maximum atomic E-state index is 5.68. The van der Waals surface area contributed by atoms with Gasteiger partial charge < -0.3 is 15.0 Å². The molecule has 2 rings (SSSR count). The highest BCUT2D eigenvalue weighted by Crippen LogP contribution is 2.14. The second-order valence-corrected chi connectivity index (χ2v) is 5.83. The Balaban J connectivity index is 1.73. The summed E-state index contributed by atoms with van der Waals surface area (Å²) in [4.78, 5) is 2.41. The van der Waals surface area contributed by atoms with Crippen LogP contribution in [0.15, 0.2) is 24.3 Å². The van der Waals surface area contributed by atoms with Gasteiger partial charge in [0, 0.05) is 19.1 Å². The van der Waals surface area contributed by atoms with Gasteiger partial charge in [0.05, 0.1) is 6.61 Å². The van der Waals surface area contributed by atoms with E-state index in [4.69, 9.17) is 4.74 Å². The molecule has 3 heteroatoms. The van der Waals surface area contributed by atoms with Crippen molar-refractivity contribution >= 4 is 0 Å². The Morgan fingerprint density at radius 2 is 2.10 bits per heavy atom. The molecule has 0 spiro atoms. The lowest BCUT2D eigenvalue weighted by Crippen LogP contribution is -2.43. The monoisotopic (exact) mass is 276 g/mol. The number of piperidine rings is 1. The molecule has 0 amide bonds. The molecule has 1 aromatic carbocycles. The van der Waals surface area contributed by atoms with Gasteiger partial charge in [-0.3, -0.25) is 0 Å². The molecule has 1 unspecified atom stereocenters. The second-order valence-electron chi connectivity index (χ2n) is 5.83. The molecule has 3 nitrogen and oxygen atoms in total. The van der Waals surface area contributed by atoms with Crippen molar-refractivity contribution in [3.05, 3.63) is 29.8 Å². The van der Waals surface area contributed by atoms with Crippen LogP contribution in [0, 0.1) is 0 Å². The van der Waals surface area contributed by atoms with Gasteiger partial charge in [0.2, 0.25) is 0 Å². The van der Waals surface area contributed by atoms with Crippen LogP contribution in [0.1, 0.15) is 38.2 Å². The number of hydrogen-bond acceptors (Lipinski definition) is 3. The van der Waals surface area contributed by atoms with E-state index >= 15 is 0 Å². The molecule has 112 valence electrons. The smallest absolute Gasteiger partial charge is 0.119 e. The molecule has 1 heterocycles. The van der Waals surface area contributed by atoms with Gasteiger partial charge in [0.15, 0.2) is 0 Å². The molecule has 1 aromatic rings. The number of likely N-dealkylation sites (tertiary alicyclic amines) is 1. The Morgan fingerprint density at radius 3 is 2.80 bits per heavy atom. The zero-order valence-electron chi connectivity index (χ0n) is 12.9. The van der Waals surface area contributed by atoms with Gasteiger partial charge in [-0.15, -0.1) is 0 Å². The molecule has 0 aromatic heterocycles. The zero-order valence-corrected chi connectivity index (χ0v) is 12.9. The van der Waals surface area contributed by atoms with Gasteiger partial charge >= 0.3 is 0 Å². The minimum absolute atomic E-state index is 0.634. The number of rotatable bonds is 7. The van der Waals surface area contributed by atoms with Gasteiger partial charge in [0.25, 0.3) is 0 Å². The lowest BCUT2D eigenvalue weighted by Gasteiger charge is -2.30. The van der Waals surface area contributed by atoms with Crippen LogP contribution in [0.25, 0.3) is 0 Å². The summed E-state index contributed by atoms with van der Waals surface area (Å²) in [5.74, 6) is 0.986. The normalized spacial score (nSPS) is 20.0. The van der Waals surface area contributed by atoms with Crippen LogP contribution in [0.5, 0.6) is 5.75 Å². The summed E-state index contributed by atoms with van der Waals surface area (Å²) in [5, 5.41) is 3.66. The molecule has 1 atom stereocenters. The van der Waals surface area contributed by atoms with Gasteiger partial charge in [-0.05, 0) is 50.6 Å². The SMILES string of the molecule is CCCCOc1ccc(CNC2CCCN(C)C2)cc1. The highest BCUT2D eigenvalue weighted by molar-refractivity contribution is 5.27. The number of unbranched alkanes of at least 4 members (excludes halogenated alkanes) is 1. The highest BCUT2D eigenvalue weighted by Gasteiger charge is 2.15. The van der Waals surface area contributed by atoms with E-state index in [2.05, 4.69) is 48.5 Å². The van der Waals surface area contributed by atoms with Crippen molar-refractivity contribution < 1.29 is 4.74 Å². The van der Waals surface area contributed by atoms with Crippen molar-refractivity contribution in [2.24, 2.45) is 0 Å². The van der Waals surface area contributed by atoms with Crippen LogP contribution in [-0.4, -0.2) is 37.7 Å². The largest absolute Gasteiger partial charge is 0.494 e. The molecule has 1 N–H and O–H groups in total. The molecule has 0 saturated carbocycles. The van der Waals surface area contributed by atoms with Crippen molar-refractivity contribution in [2.75, 3.05) is 26.7 Å². The summed E-state index contributed by atoms with van der Waals surface area (Å²) in [6.45, 7) is 6.36. The number of ether oxygens (including phenoxy) is 1. The highest BCUT2D eigenvalue weighted by atomic mass is 16.5. The lowest BCUT2D eigenvalue weighted by molar-refractivity contribution is 0.226. The Labute approximate surface area is 123 Å². The maximum absolute atomic E-state index is 5.68. The van der Waals surface area contributed by atoms with E-state index in [0.717, 1.165) is 31.9 Å². The van der Waals surface area contributed by atoms with E-state index in [0.29, 0.717) is 6.04 Å². The number of nitrogens with zero attached hydrogens (tertiary/aromatic N) is 1. The molecular formula is C17H28N2O. The maximum Gasteiger partial charge on any atom is 0.119 e. The van der Waals surface area contributed by atoms with E-state index in [1.807, 2.05) is 0 Å². The molecule has 1 aliphatic rings. The van der Waals surface area contributed by atoms with Crippen LogP contribution in [0.4, 0.5) is 0 Å². The lowest BCUT2D eigenvalue weighted by atomic mass is 10.1. The van der Waals surface area contributed by atoms with E-state index in [1.165, 1.54) is 31.4 Å². The average molecular weight is 276 g/mol. The molecule has 1 fully saturated rings. The molecule has 1 aliphatic heterocycles. The topological polar surface area (TPSA) is 24.5 Å². The van der Waals surface area contributed by atoms with E-state index in [1.54, 1.807) is 0 Å². The molecule has 1 saturated heterocycles. The number of hydrogen-bond donors (Lipinski definition) is 1. The average Bonchev–Trinajstić information content (AvgIpc) is 2.47. The Kier molecular flexibility index (Phi) is 6.34. The molecular weight excluding hydrogens is 248 g/mol. The van der Waals surface area contributed by atoms with Gasteiger partial charge in [-0.25, -0.2) is 0 Å². The summed E-state index contributed by atoms with van der Waals surface area (Å²) in [6.07, 6.45) is 4.90. The van der Waals surface area contributed by atoms with E-state index in [-0.39, 0.29) is 0 Å². The first kappa shape index (κ1) is 15.3. The number of nitrogens with one attached hydrogen (secondary N) is 1. The third-order valence-electron chi connectivity index (χ3n) is 3.91. The summed E-state index contributed by atoms with van der Waals surface area (Å²) >= 11 is 0. The first-order valence-electron chi connectivity index (χ1n) is 7.91. The minimum Gasteiger partial charge on any atom is -0.494 e. The molecule has 0 bridgehead atoms. The Bertz CT molecular complexity index is 377. The molecule has 0 radical (unpaired) electrons. The molecule has 0 aliphatic carbocycles. The molecule has 20 heavy (non-hydrogen) atoms. The Hall–Kier alpha value is -1.06. The third kappa shape index (κ3) is 5.14. The van der Waals surface area contributed by atoms with Crippen LogP contribution >= 0.6 is 0 Å². The van der Waals surface area contributed by atoms with Crippen molar-refractivity contribution in [2.45, 2.75) is 45.2 Å². The van der Waals surface area contributed by atoms with Gasteiger partial charge in [-0.2, -0.15) is 0 Å². The second kappa shape index (κ2) is 8.28. The predicted molar refractivity (Wildman–Crippen MR) is 84.2 cm³/mol. The number of benzene rings is 1. The van der Waals surface area contributed by atoms with Crippen molar-refractivity contribution in [3.63, 3.8) is 0 Å². The fourth-order valence-corrected chi connectivity index (χ4v) is 2.63. The van der Waals surface area contributed by atoms with Crippen LogP contribution < -0.4 is 10.1 Å². The van der Waals surface area contributed by atoms with Crippen LogP contribution in [0.2, 0.25) is 0 Å². The van der Waals surface area contributed by atoms with Crippen LogP contribution in [-0.2, 0) is 6.54 Å². The fraction of sp³-hybridized carbons (Fsp3) is 0.647. The van der Waals surface area contributed by atoms with Crippen molar-refractivity contribution in [1.82, 2.24) is 10.2 Å². The summed E-state index contributed by atoms with van der Waals surface area (Å²) < 4.78 is 5.68. The van der Waals surface area contributed by atoms with E-state index < -0.39 is 0 Å². The standard InChI is InChI=1S/C17H28N2O/c1-3-4-12-20-17-9-7-15(8-10-17)13-18-16-6-5-11-19(2)14-16/h7-10,16,18H,3-6,11-14H2,1-2H3. The van der Waals surface area contributed by atoms with Gasteiger partial charge in [0.1, 0.15) is 5.75 Å².